The largest absolute Gasteiger partial charge is 0.508 e. The van der Waals surface area contributed by atoms with Crippen LogP contribution in [0.5, 0.6) is 11.5 Å². The Morgan fingerprint density at radius 3 is 3.06 bits per heavy atom. The fourth-order valence-corrected chi connectivity index (χ4v) is 1.89. The van der Waals surface area contributed by atoms with E-state index in [9.17, 15) is 15.0 Å². The summed E-state index contributed by atoms with van der Waals surface area (Å²) < 4.78 is 5.32. The van der Waals surface area contributed by atoms with Gasteiger partial charge in [0.25, 0.3) is 0 Å². The first-order valence-corrected chi connectivity index (χ1v) is 5.16. The summed E-state index contributed by atoms with van der Waals surface area (Å²) in [6.45, 7) is 3.90. The molecule has 0 saturated carbocycles. The fraction of sp³-hybridized carbons (Fsp3) is 0.250. The molecule has 1 aromatic rings. The highest BCUT2D eigenvalue weighted by Crippen LogP contribution is 2.39. The minimum Gasteiger partial charge on any atom is -0.508 e. The molecule has 0 amide bonds. The second-order valence-electron chi connectivity index (χ2n) is 3.85. The van der Waals surface area contributed by atoms with Crippen LogP contribution < -0.4 is 10.1 Å². The molecular formula is C12H13NO4. The molecule has 0 bridgehead atoms. The van der Waals surface area contributed by atoms with Crippen molar-refractivity contribution in [2.45, 2.75) is 5.54 Å². The van der Waals surface area contributed by atoms with Crippen LogP contribution in [0.1, 0.15) is 5.56 Å². The number of aliphatic carboxylic acids is 1. The van der Waals surface area contributed by atoms with E-state index >= 15 is 0 Å². The van der Waals surface area contributed by atoms with Crippen molar-refractivity contribution in [3.63, 3.8) is 0 Å². The third-order valence-corrected chi connectivity index (χ3v) is 2.78. The normalized spacial score (nSPS) is 21.6. The van der Waals surface area contributed by atoms with E-state index in [1.807, 2.05) is 0 Å². The average Bonchev–Trinajstić information content (AvgIpc) is 2.65. The summed E-state index contributed by atoms with van der Waals surface area (Å²) in [6, 6.07) is 4.41. The van der Waals surface area contributed by atoms with Crippen molar-refractivity contribution in [3.05, 3.63) is 36.4 Å². The summed E-state index contributed by atoms with van der Waals surface area (Å²) in [5, 5.41) is 21.6. The van der Waals surface area contributed by atoms with Crippen molar-refractivity contribution in [2.24, 2.45) is 0 Å². The van der Waals surface area contributed by atoms with Gasteiger partial charge in [0, 0.05) is 18.2 Å². The molecule has 0 aromatic heterocycles. The van der Waals surface area contributed by atoms with Gasteiger partial charge in [0.2, 0.25) is 0 Å². The lowest BCUT2D eigenvalue weighted by atomic mass is 9.92. The van der Waals surface area contributed by atoms with E-state index in [-0.39, 0.29) is 12.4 Å². The molecule has 1 unspecified atom stereocenters. The van der Waals surface area contributed by atoms with Gasteiger partial charge < -0.3 is 14.9 Å². The van der Waals surface area contributed by atoms with Gasteiger partial charge in [-0.25, -0.2) is 4.79 Å². The van der Waals surface area contributed by atoms with E-state index in [1.165, 1.54) is 12.1 Å². The summed E-state index contributed by atoms with van der Waals surface area (Å²) in [6.07, 6.45) is 1.59. The Bertz CT molecular complexity index is 472. The van der Waals surface area contributed by atoms with Gasteiger partial charge >= 0.3 is 5.97 Å². The molecule has 17 heavy (non-hydrogen) atoms. The van der Waals surface area contributed by atoms with Crippen LogP contribution in [0, 0.1) is 0 Å². The zero-order valence-electron chi connectivity index (χ0n) is 9.14. The summed E-state index contributed by atoms with van der Waals surface area (Å²) in [7, 11) is 0. The monoisotopic (exact) mass is 235 g/mol. The Labute approximate surface area is 98.3 Å². The smallest absolute Gasteiger partial charge is 0.332 e. The van der Waals surface area contributed by atoms with Crippen LogP contribution in [-0.4, -0.2) is 29.3 Å². The van der Waals surface area contributed by atoms with Crippen molar-refractivity contribution in [1.29, 1.82) is 0 Å². The Kier molecular flexibility index (Phi) is 2.77. The number of aromatic hydroxyl groups is 1. The maximum atomic E-state index is 11.4. The van der Waals surface area contributed by atoms with Crippen LogP contribution in [0.4, 0.5) is 0 Å². The number of benzene rings is 1. The van der Waals surface area contributed by atoms with Crippen molar-refractivity contribution in [2.75, 3.05) is 13.2 Å². The van der Waals surface area contributed by atoms with Gasteiger partial charge in [-0.1, -0.05) is 6.08 Å². The number of rotatable bonds is 4. The molecule has 0 aliphatic carbocycles. The second-order valence-corrected chi connectivity index (χ2v) is 3.85. The Morgan fingerprint density at radius 2 is 2.41 bits per heavy atom. The molecule has 5 nitrogen and oxygen atoms in total. The second kappa shape index (κ2) is 4.10. The van der Waals surface area contributed by atoms with E-state index in [0.717, 1.165) is 0 Å². The van der Waals surface area contributed by atoms with Crippen molar-refractivity contribution < 1.29 is 19.7 Å². The number of fused-ring (bicyclic) bond motifs is 1. The molecule has 1 aliphatic rings. The van der Waals surface area contributed by atoms with Crippen LogP contribution in [0.25, 0.3) is 0 Å². The first-order valence-electron chi connectivity index (χ1n) is 5.16. The average molecular weight is 235 g/mol. The zero-order chi connectivity index (χ0) is 12.5. The summed E-state index contributed by atoms with van der Waals surface area (Å²) in [4.78, 5) is 11.4. The predicted octanol–water partition coefficient (Wildman–Crippen LogP) is 0.840. The van der Waals surface area contributed by atoms with Crippen LogP contribution in [0.2, 0.25) is 0 Å². The molecule has 0 saturated heterocycles. The molecule has 1 atom stereocenters. The molecular weight excluding hydrogens is 222 g/mol. The highest BCUT2D eigenvalue weighted by atomic mass is 16.5. The van der Waals surface area contributed by atoms with Gasteiger partial charge in [-0.3, -0.25) is 5.32 Å². The number of phenols is 1. The minimum atomic E-state index is -1.27. The molecule has 1 heterocycles. The number of hydrogen-bond acceptors (Lipinski definition) is 4. The number of hydrogen-bond donors (Lipinski definition) is 3. The minimum absolute atomic E-state index is 0.00500. The number of carbonyl (C=O) groups is 1. The lowest BCUT2D eigenvalue weighted by molar-refractivity contribution is -0.145. The molecule has 2 rings (SSSR count). The summed E-state index contributed by atoms with van der Waals surface area (Å²) in [5.74, 6) is -0.568. The van der Waals surface area contributed by atoms with Crippen LogP contribution in [-0.2, 0) is 10.3 Å². The highest BCUT2D eigenvalue weighted by Gasteiger charge is 2.47. The maximum absolute atomic E-state index is 11.4. The summed E-state index contributed by atoms with van der Waals surface area (Å²) >= 11 is 0. The molecule has 0 radical (unpaired) electrons. The van der Waals surface area contributed by atoms with Crippen LogP contribution in [0.3, 0.4) is 0 Å². The summed E-state index contributed by atoms with van der Waals surface area (Å²) in [5.41, 5.74) is -0.748. The van der Waals surface area contributed by atoms with Crippen molar-refractivity contribution >= 4 is 5.97 Å². The molecule has 1 aliphatic heterocycles. The fourth-order valence-electron chi connectivity index (χ4n) is 1.89. The Balaban J connectivity index is 2.45. The maximum Gasteiger partial charge on any atom is 0.332 e. The molecule has 0 fully saturated rings. The number of nitrogens with one attached hydrogen (secondary N) is 1. The quantitative estimate of drug-likeness (QED) is 0.674. The van der Waals surface area contributed by atoms with Gasteiger partial charge in [0.15, 0.2) is 5.54 Å². The predicted molar refractivity (Wildman–Crippen MR) is 61.1 cm³/mol. The van der Waals surface area contributed by atoms with Crippen LogP contribution in [0.15, 0.2) is 30.9 Å². The topological polar surface area (TPSA) is 78.8 Å². The third-order valence-electron chi connectivity index (χ3n) is 2.78. The van der Waals surface area contributed by atoms with Crippen molar-refractivity contribution in [3.8, 4) is 11.5 Å². The number of ether oxygens (including phenoxy) is 1. The van der Waals surface area contributed by atoms with E-state index in [4.69, 9.17) is 4.74 Å². The molecule has 0 spiro atoms. The van der Waals surface area contributed by atoms with E-state index in [0.29, 0.717) is 17.9 Å². The van der Waals surface area contributed by atoms with Gasteiger partial charge in [-0.05, 0) is 12.1 Å². The molecule has 90 valence electrons. The third kappa shape index (κ3) is 1.74. The van der Waals surface area contributed by atoms with Gasteiger partial charge in [-0.2, -0.15) is 0 Å². The lowest BCUT2D eigenvalue weighted by Gasteiger charge is -2.23. The van der Waals surface area contributed by atoms with Gasteiger partial charge in [0.1, 0.15) is 18.1 Å². The van der Waals surface area contributed by atoms with E-state index in [1.54, 1.807) is 12.1 Å². The van der Waals surface area contributed by atoms with Gasteiger partial charge in [-0.15, -0.1) is 6.58 Å². The lowest BCUT2D eigenvalue weighted by Crippen LogP contribution is -2.50. The Hall–Kier alpha value is -2.01. The molecule has 5 heteroatoms. The standard InChI is InChI=1S/C12H13NO4/c1-2-5-13-12(11(15)16)7-17-10-6-8(14)3-4-9(10)12/h2-4,6,13-14H,1,5,7H2,(H,15,16). The highest BCUT2D eigenvalue weighted by molar-refractivity contribution is 5.83. The first-order chi connectivity index (χ1) is 8.10. The number of phenolic OH excluding ortho intramolecular Hbond substituents is 1. The van der Waals surface area contributed by atoms with Crippen molar-refractivity contribution in [1.82, 2.24) is 5.32 Å². The van der Waals surface area contributed by atoms with E-state index in [2.05, 4.69) is 11.9 Å². The van der Waals surface area contributed by atoms with Gasteiger partial charge in [0.05, 0.1) is 0 Å². The van der Waals surface area contributed by atoms with Crippen LogP contribution >= 0.6 is 0 Å². The molecule has 1 aromatic carbocycles. The SMILES string of the molecule is C=CCNC1(C(=O)O)COc2cc(O)ccc21. The molecule has 3 N–H and O–H groups in total. The first kappa shape index (κ1) is 11.5. The number of carboxylic acid groups (broad SMARTS) is 1. The number of carboxylic acids is 1. The Morgan fingerprint density at radius 1 is 1.65 bits per heavy atom. The zero-order valence-corrected chi connectivity index (χ0v) is 9.14. The van der Waals surface area contributed by atoms with E-state index < -0.39 is 11.5 Å².